The highest BCUT2D eigenvalue weighted by atomic mass is 35.5. The first kappa shape index (κ1) is 14.7. The maximum absolute atomic E-state index is 11.8. The first-order chi connectivity index (χ1) is 9.95. The Hall–Kier alpha value is -2.73. The molecular formula is C14H12ClN3O3. The Kier molecular flexibility index (Phi) is 4.30. The van der Waals surface area contributed by atoms with Gasteiger partial charge in [0.1, 0.15) is 0 Å². The number of urea groups is 1. The minimum atomic E-state index is -1.09. The molecule has 2 amide bonds. The van der Waals surface area contributed by atoms with E-state index < -0.39 is 12.0 Å². The number of anilines is 3. The monoisotopic (exact) mass is 305 g/mol. The van der Waals surface area contributed by atoms with Gasteiger partial charge in [-0.15, -0.1) is 0 Å². The number of nitrogens with one attached hydrogen (secondary N) is 2. The zero-order valence-corrected chi connectivity index (χ0v) is 11.5. The van der Waals surface area contributed by atoms with Crippen LogP contribution in [0, 0.1) is 0 Å². The molecule has 2 rings (SSSR count). The molecule has 108 valence electrons. The fourth-order valence-corrected chi connectivity index (χ4v) is 1.85. The molecule has 0 aliphatic heterocycles. The van der Waals surface area contributed by atoms with Crippen LogP contribution in [0.2, 0.25) is 5.02 Å². The van der Waals surface area contributed by atoms with E-state index in [0.717, 1.165) is 0 Å². The number of carbonyl (C=O) groups excluding carboxylic acids is 1. The molecule has 5 N–H and O–H groups in total. The van der Waals surface area contributed by atoms with Gasteiger partial charge in [0, 0.05) is 10.7 Å². The smallest absolute Gasteiger partial charge is 0.335 e. The maximum atomic E-state index is 11.8. The predicted octanol–water partition coefficient (Wildman–Crippen LogP) is 3.26. The maximum Gasteiger partial charge on any atom is 0.335 e. The van der Waals surface area contributed by atoms with Crippen molar-refractivity contribution in [1.82, 2.24) is 0 Å². The molecule has 6 nitrogen and oxygen atoms in total. The van der Waals surface area contributed by atoms with E-state index in [1.165, 1.54) is 18.2 Å². The van der Waals surface area contributed by atoms with Gasteiger partial charge in [-0.1, -0.05) is 17.7 Å². The second kappa shape index (κ2) is 6.15. The first-order valence-corrected chi connectivity index (χ1v) is 6.30. The molecule has 0 saturated heterocycles. The molecule has 0 aliphatic rings. The first-order valence-electron chi connectivity index (χ1n) is 5.92. The highest BCUT2D eigenvalue weighted by molar-refractivity contribution is 6.30. The normalized spacial score (nSPS) is 9.95. The van der Waals surface area contributed by atoms with E-state index in [9.17, 15) is 9.59 Å². The number of nitrogens with two attached hydrogens (primary N) is 1. The van der Waals surface area contributed by atoms with E-state index in [1.807, 2.05) is 0 Å². The van der Waals surface area contributed by atoms with Crippen LogP contribution in [0.25, 0.3) is 0 Å². The van der Waals surface area contributed by atoms with Crippen LogP contribution in [0.3, 0.4) is 0 Å². The Balaban J connectivity index is 2.08. The number of benzene rings is 2. The highest BCUT2D eigenvalue weighted by Crippen LogP contribution is 2.21. The zero-order valence-electron chi connectivity index (χ0n) is 10.8. The van der Waals surface area contributed by atoms with Crippen molar-refractivity contribution in [2.75, 3.05) is 16.4 Å². The molecule has 0 fully saturated rings. The summed E-state index contributed by atoms with van der Waals surface area (Å²) >= 11 is 5.81. The molecule has 0 heterocycles. The van der Waals surface area contributed by atoms with Gasteiger partial charge in [-0.3, -0.25) is 0 Å². The number of hydrogen-bond donors (Lipinski definition) is 4. The molecule has 2 aromatic rings. The lowest BCUT2D eigenvalue weighted by Crippen LogP contribution is -2.20. The van der Waals surface area contributed by atoms with Gasteiger partial charge in [0.25, 0.3) is 0 Å². The van der Waals surface area contributed by atoms with Crippen molar-refractivity contribution in [2.24, 2.45) is 0 Å². The Bertz CT molecular complexity index is 704. The summed E-state index contributed by atoms with van der Waals surface area (Å²) in [7, 11) is 0. The van der Waals surface area contributed by atoms with Crippen LogP contribution in [-0.4, -0.2) is 17.1 Å². The molecule has 0 atom stereocenters. The number of halogens is 1. The number of rotatable bonds is 3. The van der Waals surface area contributed by atoms with Crippen molar-refractivity contribution in [2.45, 2.75) is 0 Å². The number of hydrogen-bond acceptors (Lipinski definition) is 3. The minimum Gasteiger partial charge on any atom is -0.478 e. The summed E-state index contributed by atoms with van der Waals surface area (Å²) in [5.41, 5.74) is 6.76. The van der Waals surface area contributed by atoms with Crippen molar-refractivity contribution < 1.29 is 14.7 Å². The predicted molar refractivity (Wildman–Crippen MR) is 81.9 cm³/mol. The standard InChI is InChI=1S/C14H12ClN3O3/c15-9-2-1-3-10(7-9)17-14(21)18-12-5-4-8(13(19)20)6-11(12)16/h1-7H,16H2,(H,19,20)(H2,17,18,21). The summed E-state index contributed by atoms with van der Waals surface area (Å²) in [5, 5.41) is 14.5. The third-order valence-electron chi connectivity index (χ3n) is 2.63. The lowest BCUT2D eigenvalue weighted by atomic mass is 10.2. The molecule has 0 unspecified atom stereocenters. The topological polar surface area (TPSA) is 104 Å². The van der Waals surface area contributed by atoms with Crippen molar-refractivity contribution in [3.05, 3.63) is 53.1 Å². The van der Waals surface area contributed by atoms with Gasteiger partial charge in [-0.25, -0.2) is 9.59 Å². The summed E-state index contributed by atoms with van der Waals surface area (Å²) in [6.07, 6.45) is 0. The second-order valence-electron chi connectivity index (χ2n) is 4.20. The van der Waals surface area contributed by atoms with E-state index in [2.05, 4.69) is 10.6 Å². The van der Waals surface area contributed by atoms with E-state index in [1.54, 1.807) is 24.3 Å². The number of aromatic carboxylic acids is 1. The van der Waals surface area contributed by atoms with Gasteiger partial charge in [0.05, 0.1) is 16.9 Å². The molecule has 0 spiro atoms. The zero-order chi connectivity index (χ0) is 15.4. The quantitative estimate of drug-likeness (QED) is 0.653. The Morgan fingerprint density at radius 2 is 1.86 bits per heavy atom. The van der Waals surface area contributed by atoms with Crippen LogP contribution in [-0.2, 0) is 0 Å². The summed E-state index contributed by atoms with van der Waals surface area (Å²) in [4.78, 5) is 22.6. The Labute approximate surface area is 125 Å². The number of amides is 2. The molecule has 0 bridgehead atoms. The fourth-order valence-electron chi connectivity index (χ4n) is 1.66. The second-order valence-corrected chi connectivity index (χ2v) is 4.63. The Morgan fingerprint density at radius 1 is 1.10 bits per heavy atom. The lowest BCUT2D eigenvalue weighted by molar-refractivity contribution is 0.0697. The third-order valence-corrected chi connectivity index (χ3v) is 2.86. The van der Waals surface area contributed by atoms with Crippen molar-refractivity contribution in [3.63, 3.8) is 0 Å². The number of carboxylic acids is 1. The summed E-state index contributed by atoms with van der Waals surface area (Å²) in [5.74, 6) is -1.09. The van der Waals surface area contributed by atoms with Gasteiger partial charge >= 0.3 is 12.0 Å². The van der Waals surface area contributed by atoms with Gasteiger partial charge < -0.3 is 21.5 Å². The van der Waals surface area contributed by atoms with E-state index >= 15 is 0 Å². The fraction of sp³-hybridized carbons (Fsp3) is 0. The molecule has 0 saturated carbocycles. The average molecular weight is 306 g/mol. The van der Waals surface area contributed by atoms with Crippen LogP contribution in [0.5, 0.6) is 0 Å². The number of carbonyl (C=O) groups is 2. The Morgan fingerprint density at radius 3 is 2.48 bits per heavy atom. The highest BCUT2D eigenvalue weighted by Gasteiger charge is 2.09. The molecule has 0 aromatic heterocycles. The SMILES string of the molecule is Nc1cc(C(=O)O)ccc1NC(=O)Nc1cccc(Cl)c1. The minimum absolute atomic E-state index is 0.0494. The van der Waals surface area contributed by atoms with E-state index in [-0.39, 0.29) is 11.3 Å². The summed E-state index contributed by atoms with van der Waals surface area (Å²) in [6.45, 7) is 0. The number of nitrogen functional groups attached to an aromatic ring is 1. The molecule has 2 aromatic carbocycles. The van der Waals surface area contributed by atoms with E-state index in [4.69, 9.17) is 22.4 Å². The largest absolute Gasteiger partial charge is 0.478 e. The van der Waals surface area contributed by atoms with Crippen LogP contribution < -0.4 is 16.4 Å². The van der Waals surface area contributed by atoms with Crippen molar-refractivity contribution in [1.29, 1.82) is 0 Å². The average Bonchev–Trinajstić information content (AvgIpc) is 2.40. The van der Waals surface area contributed by atoms with Gasteiger partial charge in [-0.05, 0) is 36.4 Å². The summed E-state index contributed by atoms with van der Waals surface area (Å²) in [6, 6.07) is 10.2. The summed E-state index contributed by atoms with van der Waals surface area (Å²) < 4.78 is 0. The van der Waals surface area contributed by atoms with Gasteiger partial charge in [-0.2, -0.15) is 0 Å². The van der Waals surface area contributed by atoms with Crippen LogP contribution in [0.1, 0.15) is 10.4 Å². The van der Waals surface area contributed by atoms with Crippen LogP contribution in [0.15, 0.2) is 42.5 Å². The molecule has 7 heteroatoms. The lowest BCUT2D eigenvalue weighted by Gasteiger charge is -2.10. The third kappa shape index (κ3) is 3.87. The molecule has 0 aliphatic carbocycles. The number of carboxylic acid groups (broad SMARTS) is 1. The molecule has 0 radical (unpaired) electrons. The van der Waals surface area contributed by atoms with Crippen molar-refractivity contribution >= 4 is 40.7 Å². The molecular weight excluding hydrogens is 294 g/mol. The van der Waals surface area contributed by atoms with Gasteiger partial charge in [0.15, 0.2) is 0 Å². The molecule has 21 heavy (non-hydrogen) atoms. The van der Waals surface area contributed by atoms with Gasteiger partial charge in [0.2, 0.25) is 0 Å². The van der Waals surface area contributed by atoms with Crippen molar-refractivity contribution in [3.8, 4) is 0 Å². The van der Waals surface area contributed by atoms with Crippen LogP contribution >= 0.6 is 11.6 Å². The van der Waals surface area contributed by atoms with Crippen LogP contribution in [0.4, 0.5) is 21.9 Å². The van der Waals surface area contributed by atoms with E-state index in [0.29, 0.717) is 16.4 Å².